The molecule has 2 aromatic carbocycles. The molecule has 0 saturated heterocycles. The molecule has 5 nitrogen and oxygen atoms in total. The first-order chi connectivity index (χ1) is 16.7. The lowest BCUT2D eigenvalue weighted by atomic mass is 10.0. The first kappa shape index (κ1) is 21.3. The molecular weight excluding hydrogens is 427 g/mol. The third kappa shape index (κ3) is 4.61. The minimum Gasteiger partial charge on any atom is -0.354 e. The fraction of sp³-hybridized carbons (Fsp3) is 0.0357. The van der Waals surface area contributed by atoms with Crippen LogP contribution in [0.15, 0.2) is 104 Å². The summed E-state index contributed by atoms with van der Waals surface area (Å²) in [7, 11) is 0. The van der Waals surface area contributed by atoms with Crippen molar-refractivity contribution in [3.63, 3.8) is 0 Å². The Kier molecular flexibility index (Phi) is 5.95. The molecule has 0 radical (unpaired) electrons. The van der Waals surface area contributed by atoms with Crippen LogP contribution in [0.4, 0.5) is 4.39 Å². The number of halogens is 1. The SMILES string of the molecule is O=C(NCc1ccccn1)c1ccc(-c2cc(-c3ccncc3)c(-c3ccc(F)cc3)[nH]2)cc1. The first-order valence-corrected chi connectivity index (χ1v) is 10.9. The van der Waals surface area contributed by atoms with Crippen molar-refractivity contribution in [2.75, 3.05) is 0 Å². The van der Waals surface area contributed by atoms with Gasteiger partial charge < -0.3 is 10.3 Å². The van der Waals surface area contributed by atoms with Gasteiger partial charge in [-0.3, -0.25) is 14.8 Å². The molecule has 0 atom stereocenters. The number of carbonyl (C=O) groups excluding carboxylic acids is 1. The Morgan fingerprint density at radius 1 is 0.824 bits per heavy atom. The molecule has 1 amide bonds. The van der Waals surface area contributed by atoms with Gasteiger partial charge in [-0.05, 0) is 83.4 Å². The molecule has 34 heavy (non-hydrogen) atoms. The van der Waals surface area contributed by atoms with Gasteiger partial charge in [0, 0.05) is 35.4 Å². The predicted molar refractivity (Wildman–Crippen MR) is 130 cm³/mol. The van der Waals surface area contributed by atoms with Crippen LogP contribution in [0, 0.1) is 5.82 Å². The molecule has 0 saturated carbocycles. The average molecular weight is 449 g/mol. The Bertz CT molecular complexity index is 1400. The quantitative estimate of drug-likeness (QED) is 0.341. The highest BCUT2D eigenvalue weighted by molar-refractivity contribution is 5.94. The highest BCUT2D eigenvalue weighted by Gasteiger charge is 2.14. The zero-order chi connectivity index (χ0) is 23.3. The van der Waals surface area contributed by atoms with Crippen molar-refractivity contribution in [2.45, 2.75) is 6.54 Å². The number of nitrogens with one attached hydrogen (secondary N) is 2. The van der Waals surface area contributed by atoms with Crippen LogP contribution < -0.4 is 5.32 Å². The number of rotatable bonds is 6. The van der Waals surface area contributed by atoms with Gasteiger partial charge in [0.05, 0.1) is 17.9 Å². The molecule has 0 aliphatic carbocycles. The molecule has 0 spiro atoms. The van der Waals surface area contributed by atoms with E-state index >= 15 is 0 Å². The Hall–Kier alpha value is -4.58. The van der Waals surface area contributed by atoms with Crippen LogP contribution in [0.25, 0.3) is 33.6 Å². The van der Waals surface area contributed by atoms with E-state index in [1.165, 1.54) is 12.1 Å². The van der Waals surface area contributed by atoms with Crippen molar-refractivity contribution in [2.24, 2.45) is 0 Å². The van der Waals surface area contributed by atoms with Crippen LogP contribution in [0.3, 0.4) is 0 Å². The number of pyridine rings is 2. The number of nitrogens with zero attached hydrogens (tertiary/aromatic N) is 2. The van der Waals surface area contributed by atoms with E-state index in [4.69, 9.17) is 0 Å². The largest absolute Gasteiger partial charge is 0.354 e. The van der Waals surface area contributed by atoms with Crippen LogP contribution >= 0.6 is 0 Å². The molecule has 3 aromatic heterocycles. The lowest BCUT2D eigenvalue weighted by Crippen LogP contribution is -2.23. The van der Waals surface area contributed by atoms with Crippen molar-refractivity contribution >= 4 is 5.91 Å². The van der Waals surface area contributed by atoms with E-state index in [0.29, 0.717) is 12.1 Å². The maximum absolute atomic E-state index is 13.5. The van der Waals surface area contributed by atoms with Crippen LogP contribution in [0.2, 0.25) is 0 Å². The fourth-order valence-electron chi connectivity index (χ4n) is 3.79. The molecule has 3 heterocycles. The Labute approximate surface area is 196 Å². The first-order valence-electron chi connectivity index (χ1n) is 10.9. The van der Waals surface area contributed by atoms with Crippen LogP contribution in [-0.2, 0) is 6.54 Å². The number of aromatic amines is 1. The van der Waals surface area contributed by atoms with E-state index < -0.39 is 0 Å². The van der Waals surface area contributed by atoms with Gasteiger partial charge in [-0.15, -0.1) is 0 Å². The summed E-state index contributed by atoms with van der Waals surface area (Å²) in [6, 6.07) is 25.4. The highest BCUT2D eigenvalue weighted by atomic mass is 19.1. The number of hydrogen-bond donors (Lipinski definition) is 2. The normalized spacial score (nSPS) is 10.7. The minimum atomic E-state index is -0.280. The maximum Gasteiger partial charge on any atom is 0.251 e. The van der Waals surface area contributed by atoms with Gasteiger partial charge in [0.2, 0.25) is 0 Å². The van der Waals surface area contributed by atoms with Gasteiger partial charge in [-0.2, -0.15) is 0 Å². The lowest BCUT2D eigenvalue weighted by molar-refractivity contribution is 0.0950. The highest BCUT2D eigenvalue weighted by Crippen LogP contribution is 2.35. The molecule has 6 heteroatoms. The van der Waals surface area contributed by atoms with Gasteiger partial charge in [0.1, 0.15) is 5.82 Å². The van der Waals surface area contributed by atoms with Crippen LogP contribution in [0.1, 0.15) is 16.1 Å². The molecule has 0 aliphatic rings. The summed E-state index contributed by atoms with van der Waals surface area (Å²) in [6.45, 7) is 0.369. The molecule has 0 bridgehead atoms. The second kappa shape index (κ2) is 9.50. The molecule has 166 valence electrons. The van der Waals surface area contributed by atoms with Crippen molar-refractivity contribution in [3.05, 3.63) is 121 Å². The van der Waals surface area contributed by atoms with Gasteiger partial charge >= 0.3 is 0 Å². The Morgan fingerprint density at radius 2 is 1.56 bits per heavy atom. The molecule has 2 N–H and O–H groups in total. The average Bonchev–Trinajstić information content (AvgIpc) is 3.34. The van der Waals surface area contributed by atoms with Crippen LogP contribution in [0.5, 0.6) is 0 Å². The second-order valence-corrected chi connectivity index (χ2v) is 7.80. The molecule has 0 fully saturated rings. The van der Waals surface area contributed by atoms with E-state index in [-0.39, 0.29) is 11.7 Å². The minimum absolute atomic E-state index is 0.159. The number of hydrogen-bond acceptors (Lipinski definition) is 3. The van der Waals surface area contributed by atoms with E-state index in [2.05, 4.69) is 26.3 Å². The van der Waals surface area contributed by atoms with Crippen molar-refractivity contribution in [1.29, 1.82) is 0 Å². The summed E-state index contributed by atoms with van der Waals surface area (Å²) >= 11 is 0. The summed E-state index contributed by atoms with van der Waals surface area (Å²) in [4.78, 5) is 24.3. The van der Waals surface area contributed by atoms with E-state index in [1.807, 2.05) is 42.5 Å². The molecule has 0 unspecified atom stereocenters. The number of aromatic nitrogens is 3. The maximum atomic E-state index is 13.5. The zero-order valence-electron chi connectivity index (χ0n) is 18.2. The second-order valence-electron chi connectivity index (χ2n) is 7.80. The summed E-state index contributed by atoms with van der Waals surface area (Å²) in [5.41, 5.74) is 6.96. The third-order valence-corrected chi connectivity index (χ3v) is 5.56. The molecule has 5 aromatic rings. The summed E-state index contributed by atoms with van der Waals surface area (Å²) in [6.07, 6.45) is 5.19. The van der Waals surface area contributed by atoms with E-state index in [9.17, 15) is 9.18 Å². The van der Waals surface area contributed by atoms with Crippen molar-refractivity contribution in [1.82, 2.24) is 20.3 Å². The summed E-state index contributed by atoms with van der Waals surface area (Å²) in [5, 5.41) is 2.89. The van der Waals surface area contributed by atoms with E-state index in [0.717, 1.165) is 39.3 Å². The summed E-state index contributed by atoms with van der Waals surface area (Å²) in [5.74, 6) is -0.439. The third-order valence-electron chi connectivity index (χ3n) is 5.56. The lowest BCUT2D eigenvalue weighted by Gasteiger charge is -2.06. The molecular formula is C28H21FN4O. The number of H-pyrrole nitrogens is 1. The monoisotopic (exact) mass is 448 g/mol. The zero-order valence-corrected chi connectivity index (χ0v) is 18.2. The smallest absolute Gasteiger partial charge is 0.251 e. The fourth-order valence-corrected chi connectivity index (χ4v) is 3.79. The Morgan fingerprint density at radius 3 is 2.26 bits per heavy atom. The standard InChI is InChI=1S/C28H21FN4O/c29-23-10-8-21(9-11-23)27-25(19-12-15-30-16-13-19)17-26(33-27)20-4-6-22(7-5-20)28(34)32-18-24-3-1-2-14-31-24/h1-17,33H,18H2,(H,32,34). The Balaban J connectivity index is 1.42. The molecule has 5 rings (SSSR count). The number of amides is 1. The number of benzene rings is 2. The van der Waals surface area contributed by atoms with Gasteiger partial charge in [-0.1, -0.05) is 18.2 Å². The van der Waals surface area contributed by atoms with Gasteiger partial charge in [-0.25, -0.2) is 4.39 Å². The predicted octanol–water partition coefficient (Wildman–Crippen LogP) is 5.87. The topological polar surface area (TPSA) is 70.7 Å². The van der Waals surface area contributed by atoms with Crippen molar-refractivity contribution < 1.29 is 9.18 Å². The number of carbonyl (C=O) groups is 1. The van der Waals surface area contributed by atoms with Gasteiger partial charge in [0.25, 0.3) is 5.91 Å². The van der Waals surface area contributed by atoms with Crippen LogP contribution in [-0.4, -0.2) is 20.9 Å². The van der Waals surface area contributed by atoms with E-state index in [1.54, 1.807) is 42.9 Å². The molecule has 0 aliphatic heterocycles. The summed E-state index contributed by atoms with van der Waals surface area (Å²) < 4.78 is 13.5. The van der Waals surface area contributed by atoms with Crippen molar-refractivity contribution in [3.8, 4) is 33.6 Å². The van der Waals surface area contributed by atoms with Gasteiger partial charge in [0.15, 0.2) is 0 Å².